The third-order valence-corrected chi connectivity index (χ3v) is 5.61. The summed E-state index contributed by atoms with van der Waals surface area (Å²) in [7, 11) is 1.18. The van der Waals surface area contributed by atoms with Gasteiger partial charge in [-0.2, -0.15) is 0 Å². The molecule has 1 unspecified atom stereocenters. The number of rotatable bonds is 7. The molecule has 1 fully saturated rings. The highest BCUT2D eigenvalue weighted by molar-refractivity contribution is 8.68. The molecule has 1 atom stereocenters. The number of benzene rings is 1. The number of amides is 2. The lowest BCUT2D eigenvalue weighted by Gasteiger charge is -2.25. The summed E-state index contributed by atoms with van der Waals surface area (Å²) < 4.78 is 10.8. The van der Waals surface area contributed by atoms with E-state index in [1.165, 1.54) is 10.8 Å². The molecule has 1 aliphatic rings. The summed E-state index contributed by atoms with van der Waals surface area (Å²) >= 11 is 4.19. The van der Waals surface area contributed by atoms with Gasteiger partial charge >= 0.3 is 12.1 Å². The molecule has 1 aromatic carbocycles. The van der Waals surface area contributed by atoms with Gasteiger partial charge in [-0.25, -0.2) is 4.79 Å². The quantitative estimate of drug-likeness (QED) is 0.314. The van der Waals surface area contributed by atoms with E-state index in [0.29, 0.717) is 5.69 Å². The van der Waals surface area contributed by atoms with Crippen LogP contribution in [0.5, 0.6) is 0 Å². The first-order valence-corrected chi connectivity index (χ1v) is 11.9. The first-order chi connectivity index (χ1) is 14.2. The van der Waals surface area contributed by atoms with E-state index in [9.17, 15) is 14.4 Å². The second-order valence-electron chi connectivity index (χ2n) is 8.23. The molecule has 0 heterocycles. The molecule has 0 spiro atoms. The maximum absolute atomic E-state index is 12.9. The third kappa shape index (κ3) is 8.47. The van der Waals surface area contributed by atoms with Crippen molar-refractivity contribution in [3.05, 3.63) is 24.3 Å². The topological polar surface area (TPSA) is 93.7 Å². The Balaban J connectivity index is 2.07. The Hall–Kier alpha value is -1.87. The summed E-state index contributed by atoms with van der Waals surface area (Å²) in [5.41, 5.74) is -0.192. The van der Waals surface area contributed by atoms with Gasteiger partial charge in [0.15, 0.2) is 0 Å². The number of nitrogens with one attached hydrogen (secondary N) is 2. The van der Waals surface area contributed by atoms with Crippen molar-refractivity contribution in [1.29, 1.82) is 0 Å². The maximum atomic E-state index is 12.9. The van der Waals surface area contributed by atoms with Gasteiger partial charge in [0.2, 0.25) is 5.91 Å². The lowest BCUT2D eigenvalue weighted by atomic mass is 9.98. The zero-order chi connectivity index (χ0) is 22.1. The smallest absolute Gasteiger partial charge is 0.408 e. The Morgan fingerprint density at radius 3 is 2.47 bits per heavy atom. The Bertz CT molecular complexity index is 745. The van der Waals surface area contributed by atoms with E-state index < -0.39 is 29.6 Å². The predicted octanol–water partition coefficient (Wildman–Crippen LogP) is 4.72. The molecule has 2 rings (SSSR count). The Morgan fingerprint density at radius 1 is 1.17 bits per heavy atom. The van der Waals surface area contributed by atoms with E-state index in [1.807, 2.05) is 6.07 Å². The third-order valence-electron chi connectivity index (χ3n) is 4.47. The minimum absolute atomic E-state index is 0.127. The van der Waals surface area contributed by atoms with Crippen LogP contribution in [-0.4, -0.2) is 35.7 Å². The fourth-order valence-electron chi connectivity index (χ4n) is 3.11. The summed E-state index contributed by atoms with van der Waals surface area (Å²) in [5, 5.41) is 5.25. The van der Waals surface area contributed by atoms with E-state index in [0.717, 1.165) is 37.0 Å². The van der Waals surface area contributed by atoms with E-state index in [-0.39, 0.29) is 12.5 Å². The second kappa shape index (κ2) is 11.5. The van der Waals surface area contributed by atoms with Gasteiger partial charge in [-0.1, -0.05) is 29.3 Å². The Labute approximate surface area is 186 Å². The normalized spacial score (nSPS) is 15.7. The molecule has 166 valence electrons. The SMILES string of the molecule is CC(C)(C)OC(=O)NC(CC(=O)OC1CCCCC1)C(=O)Nc1ccccc1SS. The van der Waals surface area contributed by atoms with Gasteiger partial charge in [0, 0.05) is 4.90 Å². The van der Waals surface area contributed by atoms with Crippen LogP contribution in [0.4, 0.5) is 10.5 Å². The molecule has 0 aromatic heterocycles. The zero-order valence-electron chi connectivity index (χ0n) is 17.6. The summed E-state index contributed by atoms with van der Waals surface area (Å²) in [4.78, 5) is 38.3. The fourth-order valence-corrected chi connectivity index (χ4v) is 3.95. The van der Waals surface area contributed by atoms with Gasteiger partial charge in [0.05, 0.1) is 12.1 Å². The number of anilines is 1. The number of hydrogen-bond donors (Lipinski definition) is 3. The largest absolute Gasteiger partial charge is 0.462 e. The van der Waals surface area contributed by atoms with Crippen molar-refractivity contribution in [2.75, 3.05) is 5.32 Å². The van der Waals surface area contributed by atoms with Gasteiger partial charge in [0.1, 0.15) is 17.7 Å². The van der Waals surface area contributed by atoms with E-state index in [2.05, 4.69) is 22.3 Å². The van der Waals surface area contributed by atoms with Gasteiger partial charge < -0.3 is 20.1 Å². The lowest BCUT2D eigenvalue weighted by molar-refractivity contribution is -0.152. The molecule has 0 radical (unpaired) electrons. The highest BCUT2D eigenvalue weighted by Crippen LogP contribution is 2.29. The van der Waals surface area contributed by atoms with Gasteiger partial charge in [-0.05, 0) is 58.6 Å². The Kier molecular flexibility index (Phi) is 9.36. The second-order valence-corrected chi connectivity index (χ2v) is 9.40. The van der Waals surface area contributed by atoms with Crippen molar-refractivity contribution < 1.29 is 23.9 Å². The predicted molar refractivity (Wildman–Crippen MR) is 121 cm³/mol. The minimum Gasteiger partial charge on any atom is -0.462 e. The van der Waals surface area contributed by atoms with Crippen LogP contribution in [-0.2, 0) is 19.1 Å². The van der Waals surface area contributed by atoms with Gasteiger partial charge in [-0.3, -0.25) is 9.59 Å². The molecule has 0 saturated heterocycles. The molecule has 2 N–H and O–H groups in total. The van der Waals surface area contributed by atoms with Crippen LogP contribution in [0.2, 0.25) is 0 Å². The van der Waals surface area contributed by atoms with Gasteiger partial charge in [0.25, 0.3) is 0 Å². The van der Waals surface area contributed by atoms with Crippen LogP contribution in [0.1, 0.15) is 59.3 Å². The van der Waals surface area contributed by atoms with Crippen molar-refractivity contribution in [3.63, 3.8) is 0 Å². The maximum Gasteiger partial charge on any atom is 0.408 e. The number of carbonyl (C=O) groups excluding carboxylic acids is 3. The molecule has 0 bridgehead atoms. The molecule has 0 aliphatic heterocycles. The molecule has 1 saturated carbocycles. The molecule has 1 aromatic rings. The first kappa shape index (κ1) is 24.4. The number of thiol groups is 1. The number of para-hydroxylation sites is 1. The van der Waals surface area contributed by atoms with Crippen molar-refractivity contribution in [1.82, 2.24) is 5.32 Å². The van der Waals surface area contributed by atoms with Crippen molar-refractivity contribution in [2.45, 2.75) is 81.9 Å². The lowest BCUT2D eigenvalue weighted by Crippen LogP contribution is -2.47. The number of hydrogen-bond acceptors (Lipinski definition) is 7. The number of esters is 1. The van der Waals surface area contributed by atoms with Crippen molar-refractivity contribution >= 4 is 46.1 Å². The van der Waals surface area contributed by atoms with Crippen LogP contribution in [0, 0.1) is 0 Å². The minimum atomic E-state index is -1.13. The molecule has 2 amide bonds. The average Bonchev–Trinajstić information content (AvgIpc) is 2.67. The molecule has 30 heavy (non-hydrogen) atoms. The average molecular weight is 455 g/mol. The highest BCUT2D eigenvalue weighted by atomic mass is 33.1. The summed E-state index contributed by atoms with van der Waals surface area (Å²) in [6.07, 6.45) is 3.66. The number of carbonyl (C=O) groups is 3. The molecule has 7 nitrogen and oxygen atoms in total. The van der Waals surface area contributed by atoms with Crippen LogP contribution >= 0.6 is 22.5 Å². The van der Waals surface area contributed by atoms with Gasteiger partial charge in [-0.15, -0.1) is 11.7 Å². The molecular weight excluding hydrogens is 424 g/mol. The molecule has 9 heteroatoms. The first-order valence-electron chi connectivity index (χ1n) is 10.1. The van der Waals surface area contributed by atoms with Crippen molar-refractivity contribution in [3.8, 4) is 0 Å². The monoisotopic (exact) mass is 454 g/mol. The highest BCUT2D eigenvalue weighted by Gasteiger charge is 2.29. The molecule has 1 aliphatic carbocycles. The van der Waals surface area contributed by atoms with Crippen LogP contribution in [0.15, 0.2) is 29.2 Å². The standard InChI is InChI=1S/C21H30N2O5S2/c1-21(2,3)28-20(26)23-16(13-18(24)27-14-9-5-4-6-10-14)19(25)22-15-11-7-8-12-17(15)30-29/h7-8,11-12,14,16,29H,4-6,9-10,13H2,1-3H3,(H,22,25)(H,23,26). The Morgan fingerprint density at radius 2 is 1.83 bits per heavy atom. The van der Waals surface area contributed by atoms with Crippen LogP contribution in [0.3, 0.4) is 0 Å². The van der Waals surface area contributed by atoms with Crippen LogP contribution < -0.4 is 10.6 Å². The van der Waals surface area contributed by atoms with E-state index >= 15 is 0 Å². The molecular formula is C21H30N2O5S2. The van der Waals surface area contributed by atoms with E-state index in [4.69, 9.17) is 9.47 Å². The summed E-state index contributed by atoms with van der Waals surface area (Å²) in [6.45, 7) is 5.16. The van der Waals surface area contributed by atoms with Crippen LogP contribution in [0.25, 0.3) is 0 Å². The summed E-state index contributed by atoms with van der Waals surface area (Å²) in [6, 6.07) is 6.00. The zero-order valence-corrected chi connectivity index (χ0v) is 19.3. The number of alkyl carbamates (subject to hydrolysis) is 1. The number of ether oxygens (including phenoxy) is 2. The van der Waals surface area contributed by atoms with Crippen molar-refractivity contribution in [2.24, 2.45) is 0 Å². The summed E-state index contributed by atoms with van der Waals surface area (Å²) in [5.74, 6) is -1.05. The fraction of sp³-hybridized carbons (Fsp3) is 0.571. The van der Waals surface area contributed by atoms with E-state index in [1.54, 1.807) is 39.0 Å².